The van der Waals surface area contributed by atoms with Gasteiger partial charge >= 0.3 is 0 Å². The van der Waals surface area contributed by atoms with Gasteiger partial charge in [0.2, 0.25) is 5.91 Å². The second-order valence-electron chi connectivity index (χ2n) is 5.53. The van der Waals surface area contributed by atoms with Gasteiger partial charge in [0.25, 0.3) is 11.5 Å². The summed E-state index contributed by atoms with van der Waals surface area (Å²) in [7, 11) is 0. The van der Waals surface area contributed by atoms with E-state index in [1.165, 1.54) is 4.68 Å². The lowest BCUT2D eigenvalue weighted by atomic mass is 10.0. The van der Waals surface area contributed by atoms with Crippen LogP contribution in [-0.4, -0.2) is 34.7 Å². The molecule has 0 radical (unpaired) electrons. The summed E-state index contributed by atoms with van der Waals surface area (Å²) < 4.78 is 1.17. The number of nitrogens with zero attached hydrogens (tertiary/aromatic N) is 2. The molecule has 1 aromatic rings. The highest BCUT2D eigenvalue weighted by molar-refractivity contribution is 5.99. The van der Waals surface area contributed by atoms with Crippen LogP contribution in [0, 0.1) is 0 Å². The molecular weight excluding hydrogens is 310 g/mol. The van der Waals surface area contributed by atoms with Crippen LogP contribution in [0.15, 0.2) is 17.1 Å². The van der Waals surface area contributed by atoms with Crippen molar-refractivity contribution in [3.05, 3.63) is 33.8 Å². The van der Waals surface area contributed by atoms with Crippen molar-refractivity contribution in [3.8, 4) is 0 Å². The monoisotopic (exact) mass is 333 g/mol. The zero-order chi connectivity index (χ0) is 17.7. The van der Waals surface area contributed by atoms with Crippen molar-refractivity contribution < 1.29 is 9.59 Å². The highest BCUT2D eigenvalue weighted by Gasteiger charge is 2.30. The maximum absolute atomic E-state index is 13.0. The molecule has 1 unspecified atom stereocenters. The van der Waals surface area contributed by atoms with Gasteiger partial charge in [-0.05, 0) is 25.3 Å². The number of carbonyl (C=O) groups excluding carboxylic acids is 2. The number of piperidine rings is 1. The van der Waals surface area contributed by atoms with Gasteiger partial charge in [0, 0.05) is 25.2 Å². The Morgan fingerprint density at radius 1 is 1.50 bits per heavy atom. The number of imide groups is 1. The lowest BCUT2D eigenvalue weighted by Crippen LogP contribution is -2.46. The molecule has 1 aliphatic heterocycles. The summed E-state index contributed by atoms with van der Waals surface area (Å²) in [5, 5.41) is 9.55. The Labute approximate surface area is 140 Å². The summed E-state index contributed by atoms with van der Waals surface area (Å²) in [6.45, 7) is 4.73. The first-order valence-electron chi connectivity index (χ1n) is 8.08. The molecule has 2 heterocycles. The van der Waals surface area contributed by atoms with Crippen LogP contribution in [0.3, 0.4) is 0 Å². The fourth-order valence-corrected chi connectivity index (χ4v) is 2.74. The molecule has 2 amide bonds. The Bertz CT molecular complexity index is 723. The maximum Gasteiger partial charge on any atom is 0.277 e. The molecular formula is C16H23N5O3. The second kappa shape index (κ2) is 7.87. The lowest BCUT2D eigenvalue weighted by Gasteiger charge is -2.23. The molecule has 0 aromatic carbocycles. The minimum atomic E-state index is -0.771. The average Bonchev–Trinajstić information content (AvgIpc) is 2.57. The Balaban J connectivity index is 2.49. The molecule has 1 aromatic heterocycles. The summed E-state index contributed by atoms with van der Waals surface area (Å²) in [4.78, 5) is 36.3. The second-order valence-corrected chi connectivity index (χ2v) is 5.53. The number of hydrogen-bond donors (Lipinski definition) is 3. The predicted octanol–water partition coefficient (Wildman–Crippen LogP) is -0.307. The minimum absolute atomic E-state index is 0.192. The number of carbonyl (C=O) groups is 2. The van der Waals surface area contributed by atoms with E-state index in [2.05, 4.69) is 15.7 Å². The van der Waals surface area contributed by atoms with E-state index in [1.54, 1.807) is 12.3 Å². The smallest absolute Gasteiger partial charge is 0.277 e. The lowest BCUT2D eigenvalue weighted by molar-refractivity contribution is -0.136. The number of hydrogen-bond acceptors (Lipinski definition) is 6. The zero-order valence-electron chi connectivity index (χ0n) is 14.0. The summed E-state index contributed by atoms with van der Waals surface area (Å²) in [5.74, 6) is -0.818. The SMILES string of the molecule is C/C=C(/NCCN)c1c(CC)cnn(C2CCC(=O)NC2=O)c1=O. The van der Waals surface area contributed by atoms with Crippen molar-refractivity contribution in [2.75, 3.05) is 13.1 Å². The van der Waals surface area contributed by atoms with Crippen LogP contribution >= 0.6 is 0 Å². The van der Waals surface area contributed by atoms with Gasteiger partial charge in [0.05, 0.1) is 11.8 Å². The highest BCUT2D eigenvalue weighted by atomic mass is 16.2. The molecule has 1 saturated heterocycles. The summed E-state index contributed by atoms with van der Waals surface area (Å²) in [5.41, 5.74) is 7.14. The van der Waals surface area contributed by atoms with Gasteiger partial charge < -0.3 is 11.1 Å². The first-order chi connectivity index (χ1) is 11.5. The van der Waals surface area contributed by atoms with Gasteiger partial charge in [-0.2, -0.15) is 5.10 Å². The van der Waals surface area contributed by atoms with Crippen molar-refractivity contribution in [2.45, 2.75) is 39.2 Å². The molecule has 0 aliphatic carbocycles. The molecule has 24 heavy (non-hydrogen) atoms. The van der Waals surface area contributed by atoms with Crippen molar-refractivity contribution in [1.82, 2.24) is 20.4 Å². The summed E-state index contributed by atoms with van der Waals surface area (Å²) >= 11 is 0. The third kappa shape index (κ3) is 3.53. The summed E-state index contributed by atoms with van der Waals surface area (Å²) in [6, 6.07) is -0.771. The molecule has 1 fully saturated rings. The predicted molar refractivity (Wildman–Crippen MR) is 90.0 cm³/mol. The average molecular weight is 333 g/mol. The number of aromatic nitrogens is 2. The third-order valence-electron chi connectivity index (χ3n) is 3.99. The molecule has 1 atom stereocenters. The van der Waals surface area contributed by atoms with Gasteiger partial charge in [-0.25, -0.2) is 4.68 Å². The van der Waals surface area contributed by atoms with E-state index >= 15 is 0 Å². The van der Waals surface area contributed by atoms with Gasteiger partial charge in [-0.15, -0.1) is 0 Å². The Morgan fingerprint density at radius 2 is 2.25 bits per heavy atom. The van der Waals surface area contributed by atoms with E-state index in [-0.39, 0.29) is 24.3 Å². The summed E-state index contributed by atoms with van der Waals surface area (Å²) in [6.07, 6.45) is 4.50. The third-order valence-corrected chi connectivity index (χ3v) is 3.99. The molecule has 1 aliphatic rings. The van der Waals surface area contributed by atoms with Crippen LogP contribution in [0.4, 0.5) is 0 Å². The van der Waals surface area contributed by atoms with Crippen LogP contribution in [-0.2, 0) is 16.0 Å². The van der Waals surface area contributed by atoms with Crippen molar-refractivity contribution in [2.24, 2.45) is 5.73 Å². The van der Waals surface area contributed by atoms with E-state index in [1.807, 2.05) is 13.8 Å². The van der Waals surface area contributed by atoms with Gasteiger partial charge in [0.15, 0.2) is 0 Å². The van der Waals surface area contributed by atoms with Crippen LogP contribution in [0.5, 0.6) is 0 Å². The number of nitrogens with one attached hydrogen (secondary N) is 2. The Hall–Kier alpha value is -2.48. The van der Waals surface area contributed by atoms with Crippen LogP contribution in [0.1, 0.15) is 43.9 Å². The topological polar surface area (TPSA) is 119 Å². The number of nitrogens with two attached hydrogens (primary N) is 1. The van der Waals surface area contributed by atoms with E-state index in [9.17, 15) is 14.4 Å². The maximum atomic E-state index is 13.0. The number of amides is 2. The fraction of sp³-hybridized carbons (Fsp3) is 0.500. The van der Waals surface area contributed by atoms with Crippen molar-refractivity contribution in [3.63, 3.8) is 0 Å². The van der Waals surface area contributed by atoms with Gasteiger partial charge in [0.1, 0.15) is 6.04 Å². The van der Waals surface area contributed by atoms with E-state index < -0.39 is 11.9 Å². The van der Waals surface area contributed by atoms with Crippen molar-refractivity contribution >= 4 is 17.5 Å². The number of allylic oxidation sites excluding steroid dienone is 1. The van der Waals surface area contributed by atoms with E-state index in [0.717, 1.165) is 5.56 Å². The Morgan fingerprint density at radius 3 is 2.83 bits per heavy atom. The van der Waals surface area contributed by atoms with Crippen molar-refractivity contribution in [1.29, 1.82) is 0 Å². The van der Waals surface area contributed by atoms with Crippen LogP contribution < -0.4 is 21.9 Å². The molecule has 0 saturated carbocycles. The van der Waals surface area contributed by atoms with E-state index in [0.29, 0.717) is 30.8 Å². The quantitative estimate of drug-likeness (QED) is 0.615. The highest BCUT2D eigenvalue weighted by Crippen LogP contribution is 2.18. The molecule has 8 heteroatoms. The normalized spacial score (nSPS) is 18.5. The first-order valence-corrected chi connectivity index (χ1v) is 8.08. The minimum Gasteiger partial charge on any atom is -0.383 e. The standard InChI is InChI=1S/C16H23N5O3/c1-3-10-9-19-21(12-5-6-13(22)20-15(12)23)16(24)14(10)11(4-2)18-8-7-17/h4,9,12,18H,3,5-8,17H2,1-2H3,(H,20,22,23)/b11-4+. The molecule has 2 rings (SSSR count). The first kappa shape index (κ1) is 17.9. The molecule has 0 spiro atoms. The number of aryl methyl sites for hydroxylation is 1. The molecule has 8 nitrogen and oxygen atoms in total. The Kier molecular flexibility index (Phi) is 5.86. The van der Waals surface area contributed by atoms with Crippen LogP contribution in [0.2, 0.25) is 0 Å². The van der Waals surface area contributed by atoms with Gasteiger partial charge in [-0.1, -0.05) is 13.0 Å². The van der Waals surface area contributed by atoms with Gasteiger partial charge in [-0.3, -0.25) is 19.7 Å². The van der Waals surface area contributed by atoms with Crippen LogP contribution in [0.25, 0.3) is 5.70 Å². The fourth-order valence-electron chi connectivity index (χ4n) is 2.74. The van der Waals surface area contributed by atoms with E-state index in [4.69, 9.17) is 5.73 Å². The molecule has 4 N–H and O–H groups in total. The molecule has 130 valence electrons. The zero-order valence-corrected chi connectivity index (χ0v) is 14.0. The number of rotatable bonds is 6. The molecule has 0 bridgehead atoms. The largest absolute Gasteiger partial charge is 0.383 e.